The molecule has 2 heterocycles. The Hall–Kier alpha value is -0.430. The van der Waals surface area contributed by atoms with Crippen LogP contribution in [0.1, 0.15) is 31.7 Å². The van der Waals surface area contributed by atoms with E-state index in [2.05, 4.69) is 10.1 Å². The Morgan fingerprint density at radius 1 is 1.58 bits per heavy atom. The Kier molecular flexibility index (Phi) is 5.38. The maximum absolute atomic E-state index is 12.0. The number of rotatable bonds is 7. The lowest BCUT2D eigenvalue weighted by Gasteiger charge is -2.15. The first-order chi connectivity index (χ1) is 9.05. The van der Waals surface area contributed by atoms with Crippen LogP contribution in [-0.2, 0) is 21.2 Å². The topological polar surface area (TPSA) is 55.4 Å². The molecule has 0 unspecified atom stereocenters. The zero-order valence-corrected chi connectivity index (χ0v) is 12.8. The summed E-state index contributed by atoms with van der Waals surface area (Å²) in [6, 6.07) is 1.96. The molecular formula is C13H21NO3S2. The van der Waals surface area contributed by atoms with Gasteiger partial charge in [-0.25, -0.2) is 13.1 Å². The van der Waals surface area contributed by atoms with Crippen molar-refractivity contribution >= 4 is 21.4 Å². The second-order valence-electron chi connectivity index (χ2n) is 5.10. The van der Waals surface area contributed by atoms with E-state index in [1.54, 1.807) is 11.3 Å². The SMILES string of the molecule is C[C@@H](Cc1ccsc1)NS(=O)(=O)CC[C@@H]1CCCO1. The minimum atomic E-state index is -3.20. The van der Waals surface area contributed by atoms with Crippen molar-refractivity contribution in [1.82, 2.24) is 4.72 Å². The molecule has 0 bridgehead atoms. The summed E-state index contributed by atoms with van der Waals surface area (Å²) in [6.45, 7) is 2.67. The fraction of sp³-hybridized carbons (Fsp3) is 0.692. The van der Waals surface area contributed by atoms with Crippen LogP contribution in [-0.4, -0.2) is 32.9 Å². The van der Waals surface area contributed by atoms with Crippen molar-refractivity contribution in [3.63, 3.8) is 0 Å². The number of nitrogens with one attached hydrogen (secondary N) is 1. The van der Waals surface area contributed by atoms with Gasteiger partial charge < -0.3 is 4.74 Å². The highest BCUT2D eigenvalue weighted by molar-refractivity contribution is 7.89. The summed E-state index contributed by atoms with van der Waals surface area (Å²) in [5.41, 5.74) is 1.18. The van der Waals surface area contributed by atoms with Crippen LogP contribution in [0.3, 0.4) is 0 Å². The largest absolute Gasteiger partial charge is 0.378 e. The minimum Gasteiger partial charge on any atom is -0.378 e. The summed E-state index contributed by atoms with van der Waals surface area (Å²) in [4.78, 5) is 0. The molecule has 0 saturated carbocycles. The third kappa shape index (κ3) is 5.22. The first-order valence-corrected chi connectivity index (χ1v) is 9.27. The molecule has 0 amide bonds. The van der Waals surface area contributed by atoms with Crippen LogP contribution in [0.5, 0.6) is 0 Å². The van der Waals surface area contributed by atoms with Gasteiger partial charge in [0.05, 0.1) is 11.9 Å². The predicted molar refractivity (Wildman–Crippen MR) is 78.0 cm³/mol. The number of ether oxygens (including phenoxy) is 1. The molecule has 1 aromatic rings. The monoisotopic (exact) mass is 303 g/mol. The van der Waals surface area contributed by atoms with Gasteiger partial charge in [-0.2, -0.15) is 11.3 Å². The van der Waals surface area contributed by atoms with Gasteiger partial charge in [0.2, 0.25) is 10.0 Å². The zero-order valence-electron chi connectivity index (χ0n) is 11.2. The van der Waals surface area contributed by atoms with E-state index in [4.69, 9.17) is 4.74 Å². The fourth-order valence-corrected chi connectivity index (χ4v) is 4.40. The lowest BCUT2D eigenvalue weighted by atomic mass is 10.1. The molecule has 1 aliphatic heterocycles. The molecule has 0 aliphatic carbocycles. The van der Waals surface area contributed by atoms with E-state index in [1.165, 1.54) is 5.56 Å². The Morgan fingerprint density at radius 2 is 2.42 bits per heavy atom. The minimum absolute atomic E-state index is 0.0657. The van der Waals surface area contributed by atoms with Crippen LogP contribution in [0.4, 0.5) is 0 Å². The van der Waals surface area contributed by atoms with Crippen molar-refractivity contribution < 1.29 is 13.2 Å². The van der Waals surface area contributed by atoms with E-state index in [-0.39, 0.29) is 17.9 Å². The average Bonchev–Trinajstić information content (AvgIpc) is 2.97. The summed E-state index contributed by atoms with van der Waals surface area (Å²) in [5.74, 6) is 0.158. The molecule has 6 heteroatoms. The average molecular weight is 303 g/mol. The summed E-state index contributed by atoms with van der Waals surface area (Å²) in [6.07, 6.45) is 3.50. The van der Waals surface area contributed by atoms with E-state index in [9.17, 15) is 8.42 Å². The van der Waals surface area contributed by atoms with Gasteiger partial charge in [-0.15, -0.1) is 0 Å². The van der Waals surface area contributed by atoms with Gasteiger partial charge in [0.15, 0.2) is 0 Å². The fourth-order valence-electron chi connectivity index (χ4n) is 2.33. The molecule has 0 spiro atoms. The van der Waals surface area contributed by atoms with E-state index in [0.29, 0.717) is 6.42 Å². The molecule has 2 rings (SSSR count). The highest BCUT2D eigenvalue weighted by atomic mass is 32.2. The highest BCUT2D eigenvalue weighted by Gasteiger charge is 2.20. The van der Waals surface area contributed by atoms with Gasteiger partial charge in [-0.05, 0) is 55.0 Å². The van der Waals surface area contributed by atoms with Crippen LogP contribution in [0, 0.1) is 0 Å². The molecule has 0 radical (unpaired) electrons. The van der Waals surface area contributed by atoms with Crippen molar-refractivity contribution in [1.29, 1.82) is 0 Å². The number of thiophene rings is 1. The van der Waals surface area contributed by atoms with Crippen molar-refractivity contribution in [2.45, 2.75) is 44.8 Å². The van der Waals surface area contributed by atoms with Gasteiger partial charge in [0.1, 0.15) is 0 Å². The van der Waals surface area contributed by atoms with Crippen LogP contribution in [0.15, 0.2) is 16.8 Å². The zero-order chi connectivity index (χ0) is 13.7. The van der Waals surface area contributed by atoms with Gasteiger partial charge in [-0.1, -0.05) is 0 Å². The first-order valence-electron chi connectivity index (χ1n) is 6.68. The third-order valence-electron chi connectivity index (χ3n) is 3.24. The Morgan fingerprint density at radius 3 is 3.05 bits per heavy atom. The van der Waals surface area contributed by atoms with Crippen LogP contribution < -0.4 is 4.72 Å². The van der Waals surface area contributed by atoms with E-state index in [1.807, 2.05) is 18.4 Å². The lowest BCUT2D eigenvalue weighted by Crippen LogP contribution is -2.36. The summed E-state index contributed by atoms with van der Waals surface area (Å²) < 4.78 is 32.1. The molecule has 19 heavy (non-hydrogen) atoms. The molecule has 2 atom stereocenters. The molecule has 1 N–H and O–H groups in total. The van der Waals surface area contributed by atoms with E-state index >= 15 is 0 Å². The Labute approximate surface area is 119 Å². The molecule has 4 nitrogen and oxygen atoms in total. The van der Waals surface area contributed by atoms with E-state index < -0.39 is 10.0 Å². The van der Waals surface area contributed by atoms with Gasteiger partial charge in [0, 0.05) is 12.6 Å². The predicted octanol–water partition coefficient (Wildman–Crippen LogP) is 2.17. The van der Waals surface area contributed by atoms with Crippen molar-refractivity contribution in [3.05, 3.63) is 22.4 Å². The van der Waals surface area contributed by atoms with Gasteiger partial charge >= 0.3 is 0 Å². The smallest absolute Gasteiger partial charge is 0.211 e. The molecule has 0 aromatic carbocycles. The summed E-state index contributed by atoms with van der Waals surface area (Å²) in [5, 5.41) is 4.06. The Balaban J connectivity index is 1.75. The third-order valence-corrected chi connectivity index (χ3v) is 5.50. The summed E-state index contributed by atoms with van der Waals surface area (Å²) in [7, 11) is -3.20. The van der Waals surface area contributed by atoms with Crippen molar-refractivity contribution in [2.75, 3.05) is 12.4 Å². The van der Waals surface area contributed by atoms with Crippen molar-refractivity contribution in [2.24, 2.45) is 0 Å². The molecule has 1 aliphatic rings. The van der Waals surface area contributed by atoms with Crippen LogP contribution in [0.25, 0.3) is 0 Å². The quantitative estimate of drug-likeness (QED) is 0.840. The normalized spacial score (nSPS) is 21.6. The maximum Gasteiger partial charge on any atom is 0.211 e. The number of hydrogen-bond acceptors (Lipinski definition) is 4. The Bertz CT molecular complexity index is 464. The van der Waals surface area contributed by atoms with Gasteiger partial charge in [0.25, 0.3) is 0 Å². The maximum atomic E-state index is 12.0. The van der Waals surface area contributed by atoms with Crippen molar-refractivity contribution in [3.8, 4) is 0 Å². The second kappa shape index (κ2) is 6.83. The molecule has 1 fully saturated rings. The standard InChI is InChI=1S/C13H21NO3S2/c1-11(9-12-4-7-18-10-12)14-19(15,16)8-5-13-3-2-6-17-13/h4,7,10-11,13-14H,2-3,5-6,8-9H2,1H3/t11-,13-/m0/s1. The molecule has 108 valence electrons. The van der Waals surface area contributed by atoms with Crippen LogP contribution >= 0.6 is 11.3 Å². The molecule has 1 aromatic heterocycles. The first kappa shape index (κ1) is 15.0. The second-order valence-corrected chi connectivity index (χ2v) is 7.75. The van der Waals surface area contributed by atoms with Crippen LogP contribution in [0.2, 0.25) is 0 Å². The number of sulfonamides is 1. The highest BCUT2D eigenvalue weighted by Crippen LogP contribution is 2.16. The molecule has 1 saturated heterocycles. The lowest BCUT2D eigenvalue weighted by molar-refractivity contribution is 0.108. The van der Waals surface area contributed by atoms with Gasteiger partial charge in [-0.3, -0.25) is 0 Å². The number of hydrogen-bond donors (Lipinski definition) is 1. The summed E-state index contributed by atoms with van der Waals surface area (Å²) >= 11 is 1.63. The molecular weight excluding hydrogens is 282 g/mol. The van der Waals surface area contributed by atoms with E-state index in [0.717, 1.165) is 25.9 Å².